The van der Waals surface area contributed by atoms with Crippen molar-refractivity contribution >= 4 is 10.9 Å². The maximum Gasteiger partial charge on any atom is 0.252 e. The van der Waals surface area contributed by atoms with Gasteiger partial charge in [0.25, 0.3) is 5.56 Å². The number of methoxy groups -OCH3 is 1. The van der Waals surface area contributed by atoms with Gasteiger partial charge in [-0.05, 0) is 58.1 Å². The summed E-state index contributed by atoms with van der Waals surface area (Å²) in [5.74, 6) is 2.20. The van der Waals surface area contributed by atoms with E-state index in [1.165, 1.54) is 0 Å². The van der Waals surface area contributed by atoms with Gasteiger partial charge in [0.2, 0.25) is 0 Å². The normalized spacial score (nSPS) is 12.3. The largest absolute Gasteiger partial charge is 0.497 e. The number of fused-ring (bicyclic) bond motifs is 1. The highest BCUT2D eigenvalue weighted by Crippen LogP contribution is 2.27. The average Bonchev–Trinajstić information content (AvgIpc) is 3.58. The first-order valence-electron chi connectivity index (χ1n) is 11.9. The first-order valence-corrected chi connectivity index (χ1v) is 11.9. The second kappa shape index (κ2) is 10.6. The smallest absolute Gasteiger partial charge is 0.252 e. The number of tetrazole rings is 1. The van der Waals surface area contributed by atoms with Crippen LogP contribution in [0.3, 0.4) is 0 Å². The van der Waals surface area contributed by atoms with Crippen molar-refractivity contribution < 1.29 is 9.15 Å². The Hall–Kier alpha value is -4.24. The Morgan fingerprint density at radius 3 is 2.69 bits per heavy atom. The molecule has 0 fully saturated rings. The van der Waals surface area contributed by atoms with Crippen LogP contribution in [0.2, 0.25) is 0 Å². The highest BCUT2D eigenvalue weighted by atomic mass is 16.5. The molecule has 9 nitrogen and oxygen atoms in total. The number of nitrogens with one attached hydrogen (secondary N) is 1. The average molecular weight is 485 g/mol. The van der Waals surface area contributed by atoms with E-state index in [0.29, 0.717) is 30.9 Å². The first kappa shape index (κ1) is 23.5. The highest BCUT2D eigenvalue weighted by Gasteiger charge is 2.26. The minimum atomic E-state index is -0.126. The zero-order valence-electron chi connectivity index (χ0n) is 20.3. The molecule has 0 unspecified atom stereocenters. The molecule has 0 aliphatic rings. The number of hydrogen-bond donors (Lipinski definition) is 1. The van der Waals surface area contributed by atoms with E-state index >= 15 is 0 Å². The minimum Gasteiger partial charge on any atom is -0.497 e. The number of pyridine rings is 1. The van der Waals surface area contributed by atoms with Crippen LogP contribution in [0.25, 0.3) is 10.9 Å². The van der Waals surface area contributed by atoms with E-state index in [1.54, 1.807) is 18.1 Å². The second-order valence-electron chi connectivity index (χ2n) is 8.67. The summed E-state index contributed by atoms with van der Waals surface area (Å²) in [5.41, 5.74) is 2.43. The topological polar surface area (TPSA) is 102 Å². The molecule has 0 bridgehead atoms. The van der Waals surface area contributed by atoms with E-state index in [4.69, 9.17) is 9.15 Å². The Labute approximate surface area is 208 Å². The van der Waals surface area contributed by atoms with Crippen molar-refractivity contribution in [3.8, 4) is 5.75 Å². The van der Waals surface area contributed by atoms with E-state index in [2.05, 4.69) is 44.5 Å². The number of aromatic nitrogens is 5. The molecule has 2 aromatic carbocycles. The third kappa shape index (κ3) is 5.06. The summed E-state index contributed by atoms with van der Waals surface area (Å²) in [6.45, 7) is 3.60. The fourth-order valence-electron chi connectivity index (χ4n) is 4.50. The fourth-order valence-corrected chi connectivity index (χ4v) is 4.50. The molecule has 1 atom stereocenters. The summed E-state index contributed by atoms with van der Waals surface area (Å²) >= 11 is 0. The van der Waals surface area contributed by atoms with Crippen molar-refractivity contribution in [1.82, 2.24) is 30.1 Å². The standard InChI is InChI=1S/C27H28N6O3/c1-3-25(26-29-30-31-33(26)18-23-10-7-13-36-23)32(16-19-8-5-4-6-9-19)17-21-14-20-11-12-22(35-2)15-24(20)28-27(21)34/h4-15,25H,3,16-18H2,1-2H3,(H,28,34)/t25-/m0/s1. The van der Waals surface area contributed by atoms with Crippen molar-refractivity contribution in [1.29, 1.82) is 0 Å². The first-order chi connectivity index (χ1) is 17.6. The monoisotopic (exact) mass is 484 g/mol. The van der Waals surface area contributed by atoms with Crippen LogP contribution >= 0.6 is 0 Å². The quantitative estimate of drug-likeness (QED) is 0.315. The summed E-state index contributed by atoms with van der Waals surface area (Å²) in [6, 6.07) is 21.5. The van der Waals surface area contributed by atoms with Gasteiger partial charge < -0.3 is 14.1 Å². The number of hydrogen-bond acceptors (Lipinski definition) is 7. The SMILES string of the molecule is CC[C@@H](c1nnnn1Cc1ccco1)N(Cc1ccccc1)Cc1cc2ccc(OC)cc2[nH]c1=O. The van der Waals surface area contributed by atoms with Gasteiger partial charge in [0, 0.05) is 24.7 Å². The molecule has 0 saturated carbocycles. The zero-order chi connectivity index (χ0) is 24.9. The van der Waals surface area contributed by atoms with Crippen molar-refractivity contribution in [3.63, 3.8) is 0 Å². The number of nitrogens with zero attached hydrogens (tertiary/aromatic N) is 5. The third-order valence-corrected chi connectivity index (χ3v) is 6.30. The molecule has 184 valence electrons. The van der Waals surface area contributed by atoms with Crippen LogP contribution in [0, 0.1) is 0 Å². The Morgan fingerprint density at radius 2 is 1.94 bits per heavy atom. The maximum atomic E-state index is 13.1. The lowest BCUT2D eigenvalue weighted by Crippen LogP contribution is -2.32. The molecule has 3 aromatic heterocycles. The summed E-state index contributed by atoms with van der Waals surface area (Å²) in [6.07, 6.45) is 2.40. The number of rotatable bonds is 10. The summed E-state index contributed by atoms with van der Waals surface area (Å²) < 4.78 is 12.6. The van der Waals surface area contributed by atoms with Gasteiger partial charge in [-0.2, -0.15) is 0 Å². The van der Waals surface area contributed by atoms with Gasteiger partial charge in [-0.3, -0.25) is 9.69 Å². The predicted octanol–water partition coefficient (Wildman–Crippen LogP) is 4.32. The number of aromatic amines is 1. The molecule has 0 saturated heterocycles. The lowest BCUT2D eigenvalue weighted by molar-refractivity contribution is 0.161. The predicted molar refractivity (Wildman–Crippen MR) is 135 cm³/mol. The second-order valence-corrected chi connectivity index (χ2v) is 8.67. The van der Waals surface area contributed by atoms with Gasteiger partial charge in [-0.1, -0.05) is 37.3 Å². The molecule has 0 spiro atoms. The van der Waals surface area contributed by atoms with E-state index in [-0.39, 0.29) is 11.6 Å². The molecule has 3 heterocycles. The lowest BCUT2D eigenvalue weighted by Gasteiger charge is -2.30. The van der Waals surface area contributed by atoms with Gasteiger partial charge in [0.1, 0.15) is 18.1 Å². The fraction of sp³-hybridized carbons (Fsp3) is 0.259. The third-order valence-electron chi connectivity index (χ3n) is 6.30. The van der Waals surface area contributed by atoms with E-state index in [1.807, 2.05) is 54.6 Å². The summed E-state index contributed by atoms with van der Waals surface area (Å²) in [7, 11) is 1.61. The Morgan fingerprint density at radius 1 is 1.08 bits per heavy atom. The molecule has 0 aliphatic carbocycles. The minimum absolute atomic E-state index is 0.124. The molecule has 0 amide bonds. The van der Waals surface area contributed by atoms with E-state index in [9.17, 15) is 4.79 Å². The zero-order valence-corrected chi connectivity index (χ0v) is 20.3. The molecule has 9 heteroatoms. The van der Waals surface area contributed by atoms with Crippen LogP contribution in [-0.4, -0.2) is 37.2 Å². The van der Waals surface area contributed by atoms with E-state index < -0.39 is 0 Å². The van der Waals surface area contributed by atoms with Crippen molar-refractivity contribution in [3.05, 3.63) is 106 Å². The molecule has 36 heavy (non-hydrogen) atoms. The molecule has 0 aliphatic heterocycles. The summed E-state index contributed by atoms with van der Waals surface area (Å²) in [5, 5.41) is 13.5. The number of benzene rings is 2. The Balaban J connectivity index is 1.51. The van der Waals surface area contributed by atoms with Gasteiger partial charge >= 0.3 is 0 Å². The highest BCUT2D eigenvalue weighted by molar-refractivity contribution is 5.80. The van der Waals surface area contributed by atoms with Crippen LogP contribution in [0.5, 0.6) is 5.75 Å². The number of furan rings is 1. The molecule has 1 N–H and O–H groups in total. The molecule has 5 rings (SSSR count). The molecule has 5 aromatic rings. The van der Waals surface area contributed by atoms with Crippen LogP contribution in [0.15, 0.2) is 82.2 Å². The van der Waals surface area contributed by atoms with Gasteiger partial charge in [-0.25, -0.2) is 4.68 Å². The van der Waals surface area contributed by atoms with Gasteiger partial charge in [0.05, 0.1) is 24.9 Å². The van der Waals surface area contributed by atoms with Gasteiger partial charge in [-0.15, -0.1) is 5.10 Å². The van der Waals surface area contributed by atoms with Crippen LogP contribution in [0.4, 0.5) is 0 Å². The van der Waals surface area contributed by atoms with Crippen molar-refractivity contribution in [2.24, 2.45) is 0 Å². The van der Waals surface area contributed by atoms with Crippen LogP contribution < -0.4 is 10.3 Å². The Kier molecular flexibility index (Phi) is 6.90. The number of ether oxygens (including phenoxy) is 1. The molecular formula is C27H28N6O3. The van der Waals surface area contributed by atoms with Crippen molar-refractivity contribution in [2.75, 3.05) is 7.11 Å². The van der Waals surface area contributed by atoms with Gasteiger partial charge in [0.15, 0.2) is 5.82 Å². The summed E-state index contributed by atoms with van der Waals surface area (Å²) in [4.78, 5) is 18.4. The lowest BCUT2D eigenvalue weighted by atomic mass is 10.1. The van der Waals surface area contributed by atoms with Crippen molar-refractivity contribution in [2.45, 2.75) is 39.0 Å². The number of H-pyrrole nitrogens is 1. The molecule has 0 radical (unpaired) electrons. The maximum absolute atomic E-state index is 13.1. The molecular weight excluding hydrogens is 456 g/mol. The van der Waals surface area contributed by atoms with Crippen LogP contribution in [0.1, 0.15) is 42.1 Å². The van der Waals surface area contributed by atoms with E-state index in [0.717, 1.165) is 34.5 Å². The Bertz CT molecular complexity index is 1480. The van der Waals surface area contributed by atoms with Crippen LogP contribution in [-0.2, 0) is 19.6 Å².